The smallest absolute Gasteiger partial charge is 0.258 e. The number of aryl methyl sites for hydroxylation is 1. The molecule has 0 bridgehead atoms. The second-order valence-electron chi connectivity index (χ2n) is 10.1. The second-order valence-corrected chi connectivity index (χ2v) is 12.9. The van der Waals surface area contributed by atoms with Crippen LogP contribution < -0.4 is 4.90 Å². The molecule has 4 aromatic rings. The predicted octanol–water partition coefficient (Wildman–Crippen LogP) is 5.94. The lowest BCUT2D eigenvalue weighted by atomic mass is 10.0. The van der Waals surface area contributed by atoms with Crippen LogP contribution in [0.15, 0.2) is 70.0 Å². The number of amides is 1. The Hall–Kier alpha value is -3.24. The van der Waals surface area contributed by atoms with Gasteiger partial charge in [-0.15, -0.1) is 0 Å². The molecular formula is C31H30BrN3O4S. The molecule has 1 saturated heterocycles. The zero-order valence-electron chi connectivity index (χ0n) is 22.6. The second kappa shape index (κ2) is 10.3. The van der Waals surface area contributed by atoms with Crippen molar-refractivity contribution in [1.82, 2.24) is 8.87 Å². The summed E-state index contributed by atoms with van der Waals surface area (Å²) in [7, 11) is -3.70. The molecular weight excluding hydrogens is 590 g/mol. The maximum Gasteiger partial charge on any atom is 0.258 e. The van der Waals surface area contributed by atoms with E-state index in [4.69, 9.17) is 4.74 Å². The van der Waals surface area contributed by atoms with Gasteiger partial charge in [0, 0.05) is 52.0 Å². The van der Waals surface area contributed by atoms with Crippen LogP contribution in [0.1, 0.15) is 29.4 Å². The Morgan fingerprint density at radius 1 is 0.950 bits per heavy atom. The number of carbonyl (C=O) groups is 1. The lowest BCUT2D eigenvalue weighted by Crippen LogP contribution is -2.40. The third-order valence-electron chi connectivity index (χ3n) is 7.81. The molecule has 2 aliphatic rings. The Morgan fingerprint density at radius 2 is 1.65 bits per heavy atom. The van der Waals surface area contributed by atoms with Crippen molar-refractivity contribution < 1.29 is 17.9 Å². The molecule has 9 heteroatoms. The van der Waals surface area contributed by atoms with E-state index in [9.17, 15) is 13.2 Å². The molecule has 1 amide bonds. The summed E-state index contributed by atoms with van der Waals surface area (Å²) in [6.45, 7) is 7.91. The zero-order valence-corrected chi connectivity index (χ0v) is 25.0. The summed E-state index contributed by atoms with van der Waals surface area (Å²) in [6, 6.07) is 19.5. The average molecular weight is 621 g/mol. The number of nitrogens with zero attached hydrogens (tertiary/aromatic N) is 3. The minimum atomic E-state index is -3.70. The van der Waals surface area contributed by atoms with E-state index in [1.807, 2.05) is 32.1 Å². The fraction of sp³-hybridized carbons (Fsp3) is 0.258. The first kappa shape index (κ1) is 27.0. The maximum atomic E-state index is 13.6. The van der Waals surface area contributed by atoms with Crippen LogP contribution in [0, 0.1) is 13.8 Å². The monoisotopic (exact) mass is 619 g/mol. The number of anilines is 1. The largest absolute Gasteiger partial charge is 0.379 e. The van der Waals surface area contributed by atoms with E-state index in [-0.39, 0.29) is 10.8 Å². The highest BCUT2D eigenvalue weighted by molar-refractivity contribution is 9.10. The van der Waals surface area contributed by atoms with Crippen LogP contribution in [0.4, 0.5) is 5.69 Å². The molecule has 40 heavy (non-hydrogen) atoms. The summed E-state index contributed by atoms with van der Waals surface area (Å²) in [4.78, 5) is 15.5. The minimum Gasteiger partial charge on any atom is -0.379 e. The van der Waals surface area contributed by atoms with Gasteiger partial charge in [0.05, 0.1) is 29.5 Å². The molecule has 1 fully saturated rings. The summed E-state index contributed by atoms with van der Waals surface area (Å²) < 4.78 is 36.9. The quantitative estimate of drug-likeness (QED) is 0.259. The van der Waals surface area contributed by atoms with Gasteiger partial charge in [-0.05, 0) is 74.2 Å². The molecule has 6 rings (SSSR count). The molecule has 3 heterocycles. The van der Waals surface area contributed by atoms with Crippen molar-refractivity contribution in [2.75, 3.05) is 37.7 Å². The third-order valence-corrected chi connectivity index (χ3v) is 10.4. The van der Waals surface area contributed by atoms with E-state index in [1.165, 1.54) is 4.31 Å². The number of carbonyl (C=O) groups excluding carboxylic acids is 1. The van der Waals surface area contributed by atoms with Gasteiger partial charge in [0.25, 0.3) is 5.91 Å². The molecule has 7 nitrogen and oxygen atoms in total. The maximum absolute atomic E-state index is 13.6. The van der Waals surface area contributed by atoms with Crippen LogP contribution in [0.2, 0.25) is 0 Å². The Bertz CT molecular complexity index is 1800. The molecule has 0 atom stereocenters. The molecule has 0 aliphatic carbocycles. The number of fused-ring (bicyclic) bond motifs is 2. The number of aromatic nitrogens is 1. The van der Waals surface area contributed by atoms with Crippen molar-refractivity contribution in [1.29, 1.82) is 0 Å². The van der Waals surface area contributed by atoms with Crippen molar-refractivity contribution in [2.45, 2.75) is 25.7 Å². The van der Waals surface area contributed by atoms with Crippen molar-refractivity contribution in [3.8, 4) is 5.69 Å². The van der Waals surface area contributed by atoms with Crippen LogP contribution in [0.3, 0.4) is 0 Å². The highest BCUT2D eigenvalue weighted by Crippen LogP contribution is 2.40. The zero-order chi connectivity index (χ0) is 28.2. The standard InChI is InChI=1S/C31H30BrN3O4S/c1-4-34-29-11-9-23(40(37,38)33-13-15-39-16-14-33)19-26(29)27(31(34)36)18-22-17-20(2)35(21(22)3)30-12-10-28(32)24-7-5-6-8-25(24)30/h5-12,17-19H,4,13-16H2,1-3H3/b27-18+. The van der Waals surface area contributed by atoms with E-state index in [2.05, 4.69) is 57.8 Å². The first-order valence-electron chi connectivity index (χ1n) is 13.3. The molecule has 2 aliphatic heterocycles. The number of halogens is 1. The molecule has 1 aromatic heterocycles. The molecule has 0 unspecified atom stereocenters. The fourth-order valence-corrected chi connectivity index (χ4v) is 7.70. The SMILES string of the molecule is CCN1C(=O)/C(=C/c2cc(C)n(-c3ccc(Br)c4ccccc34)c2C)c2cc(S(=O)(=O)N3CCOCC3)ccc21. The molecule has 3 aromatic carbocycles. The van der Waals surface area contributed by atoms with Crippen molar-refractivity contribution in [3.63, 3.8) is 0 Å². The highest BCUT2D eigenvalue weighted by Gasteiger charge is 2.34. The summed E-state index contributed by atoms with van der Waals surface area (Å²) in [6.07, 6.45) is 1.90. The van der Waals surface area contributed by atoms with Gasteiger partial charge in [-0.1, -0.05) is 40.2 Å². The van der Waals surface area contributed by atoms with Crippen molar-refractivity contribution in [2.24, 2.45) is 0 Å². The van der Waals surface area contributed by atoms with Crippen molar-refractivity contribution in [3.05, 3.63) is 87.7 Å². The van der Waals surface area contributed by atoms with Gasteiger partial charge in [0.15, 0.2) is 0 Å². The lowest BCUT2D eigenvalue weighted by Gasteiger charge is -2.26. The Labute approximate surface area is 242 Å². The number of likely N-dealkylation sites (N-methyl/N-ethyl adjacent to an activating group) is 1. The fourth-order valence-electron chi connectivity index (χ4n) is 5.79. The van der Waals surface area contributed by atoms with Gasteiger partial charge in [-0.3, -0.25) is 4.79 Å². The predicted molar refractivity (Wildman–Crippen MR) is 162 cm³/mol. The third kappa shape index (κ3) is 4.32. The Balaban J connectivity index is 1.47. The van der Waals surface area contributed by atoms with E-state index < -0.39 is 10.0 Å². The topological polar surface area (TPSA) is 71.9 Å². The van der Waals surface area contributed by atoms with Crippen LogP contribution >= 0.6 is 15.9 Å². The van der Waals surface area contributed by atoms with Gasteiger partial charge >= 0.3 is 0 Å². The van der Waals surface area contributed by atoms with Gasteiger partial charge in [0.1, 0.15) is 0 Å². The molecule has 0 radical (unpaired) electrons. The van der Waals surface area contributed by atoms with Gasteiger partial charge in [-0.2, -0.15) is 4.31 Å². The number of hydrogen-bond donors (Lipinski definition) is 0. The first-order valence-corrected chi connectivity index (χ1v) is 15.6. The van der Waals surface area contributed by atoms with Crippen molar-refractivity contribution >= 4 is 60.0 Å². The van der Waals surface area contributed by atoms with E-state index in [0.29, 0.717) is 44.0 Å². The summed E-state index contributed by atoms with van der Waals surface area (Å²) in [5.74, 6) is -0.127. The summed E-state index contributed by atoms with van der Waals surface area (Å²) >= 11 is 3.67. The molecule has 0 saturated carbocycles. The highest BCUT2D eigenvalue weighted by atomic mass is 79.9. The number of ether oxygens (including phenoxy) is 1. The van der Waals surface area contributed by atoms with E-state index in [1.54, 1.807) is 23.1 Å². The number of hydrogen-bond acceptors (Lipinski definition) is 4. The van der Waals surface area contributed by atoms with Crippen LogP contribution in [-0.4, -0.2) is 56.0 Å². The number of benzene rings is 3. The lowest BCUT2D eigenvalue weighted by molar-refractivity contribution is -0.112. The van der Waals surface area contributed by atoms with Gasteiger partial charge < -0.3 is 14.2 Å². The van der Waals surface area contributed by atoms with Crippen LogP contribution in [0.25, 0.3) is 28.1 Å². The minimum absolute atomic E-state index is 0.127. The summed E-state index contributed by atoms with van der Waals surface area (Å²) in [5.41, 5.74) is 5.88. The van der Waals surface area contributed by atoms with E-state index in [0.717, 1.165) is 43.6 Å². The van der Waals surface area contributed by atoms with Crippen LogP contribution in [0.5, 0.6) is 0 Å². The first-order chi connectivity index (χ1) is 19.2. The average Bonchev–Trinajstić information content (AvgIpc) is 3.40. The number of sulfonamides is 1. The number of morpholine rings is 1. The molecule has 206 valence electrons. The van der Waals surface area contributed by atoms with Gasteiger partial charge in [0.2, 0.25) is 10.0 Å². The Kier molecular flexibility index (Phi) is 6.94. The van der Waals surface area contributed by atoms with E-state index >= 15 is 0 Å². The Morgan fingerprint density at radius 3 is 2.38 bits per heavy atom. The van der Waals surface area contributed by atoms with Crippen LogP contribution in [-0.2, 0) is 19.6 Å². The normalized spacial score (nSPS) is 17.2. The summed E-state index contributed by atoms with van der Waals surface area (Å²) in [5, 5.41) is 2.25. The number of rotatable bonds is 5. The van der Waals surface area contributed by atoms with Gasteiger partial charge in [-0.25, -0.2) is 8.42 Å². The molecule has 0 N–H and O–H groups in total. The molecule has 0 spiro atoms.